The number of aliphatic carboxylic acids is 1. The number of carbonyl (C=O) groups is 1. The zero-order chi connectivity index (χ0) is 16.2. The van der Waals surface area contributed by atoms with Crippen LogP contribution >= 0.6 is 0 Å². The molecular weight excluding hydrogens is 264 g/mol. The molecule has 21 heavy (non-hydrogen) atoms. The highest BCUT2D eigenvalue weighted by atomic mass is 16.4. The van der Waals surface area contributed by atoms with E-state index in [-0.39, 0.29) is 0 Å². The SMILES string of the molecule is CC(C)Cc1cc(CC(C)C(=O)O)cc(CC(C)C)c1O. The highest BCUT2D eigenvalue weighted by Crippen LogP contribution is 2.30. The van der Waals surface area contributed by atoms with Gasteiger partial charge in [0.25, 0.3) is 0 Å². The lowest BCUT2D eigenvalue weighted by Crippen LogP contribution is -2.13. The van der Waals surface area contributed by atoms with Crippen LogP contribution in [0.5, 0.6) is 5.75 Å². The standard InChI is InChI=1S/C18H28O3/c1-11(2)6-15-9-14(8-13(5)18(20)21)10-16(17(15)19)7-12(3)4/h9-13,19H,6-8H2,1-5H3,(H,20,21). The molecule has 1 aromatic rings. The summed E-state index contributed by atoms with van der Waals surface area (Å²) >= 11 is 0. The monoisotopic (exact) mass is 292 g/mol. The van der Waals surface area contributed by atoms with E-state index in [1.807, 2.05) is 12.1 Å². The van der Waals surface area contributed by atoms with Crippen LogP contribution in [0.25, 0.3) is 0 Å². The molecule has 0 amide bonds. The van der Waals surface area contributed by atoms with Crippen LogP contribution in [0.2, 0.25) is 0 Å². The summed E-state index contributed by atoms with van der Waals surface area (Å²) < 4.78 is 0. The molecule has 0 aliphatic rings. The summed E-state index contributed by atoms with van der Waals surface area (Å²) in [5.41, 5.74) is 2.89. The van der Waals surface area contributed by atoms with Crippen LogP contribution in [0.15, 0.2) is 12.1 Å². The number of rotatable bonds is 7. The predicted molar refractivity (Wildman–Crippen MR) is 85.7 cm³/mol. The van der Waals surface area contributed by atoms with Gasteiger partial charge in [0, 0.05) is 0 Å². The smallest absolute Gasteiger partial charge is 0.306 e. The Morgan fingerprint density at radius 2 is 1.38 bits per heavy atom. The average Bonchev–Trinajstić information content (AvgIpc) is 2.33. The van der Waals surface area contributed by atoms with E-state index < -0.39 is 11.9 Å². The first-order valence-electron chi connectivity index (χ1n) is 7.77. The van der Waals surface area contributed by atoms with Crippen molar-refractivity contribution in [3.05, 3.63) is 28.8 Å². The van der Waals surface area contributed by atoms with Crippen molar-refractivity contribution in [2.24, 2.45) is 17.8 Å². The van der Waals surface area contributed by atoms with Crippen LogP contribution < -0.4 is 0 Å². The van der Waals surface area contributed by atoms with Gasteiger partial charge in [-0.2, -0.15) is 0 Å². The van der Waals surface area contributed by atoms with Crippen molar-refractivity contribution in [3.8, 4) is 5.75 Å². The van der Waals surface area contributed by atoms with Crippen molar-refractivity contribution in [3.63, 3.8) is 0 Å². The minimum Gasteiger partial charge on any atom is -0.507 e. The second-order valence-corrected chi connectivity index (χ2v) is 6.90. The fourth-order valence-electron chi connectivity index (χ4n) is 2.58. The number of hydrogen-bond acceptors (Lipinski definition) is 2. The summed E-state index contributed by atoms with van der Waals surface area (Å²) in [5.74, 6) is 0.112. The third-order valence-corrected chi connectivity index (χ3v) is 3.55. The molecule has 2 N–H and O–H groups in total. The van der Waals surface area contributed by atoms with E-state index in [0.717, 1.165) is 29.5 Å². The van der Waals surface area contributed by atoms with Crippen LogP contribution in [0.1, 0.15) is 51.3 Å². The van der Waals surface area contributed by atoms with Crippen molar-refractivity contribution < 1.29 is 15.0 Å². The summed E-state index contributed by atoms with van der Waals surface area (Å²) in [6.45, 7) is 10.2. The topological polar surface area (TPSA) is 57.5 Å². The molecule has 118 valence electrons. The molecule has 1 rings (SSSR count). The number of carboxylic acids is 1. The summed E-state index contributed by atoms with van der Waals surface area (Å²) in [6.07, 6.45) is 2.13. The first kappa shape index (κ1) is 17.5. The van der Waals surface area contributed by atoms with Gasteiger partial charge in [-0.15, -0.1) is 0 Å². The third kappa shape index (κ3) is 5.41. The molecule has 1 atom stereocenters. The van der Waals surface area contributed by atoms with Gasteiger partial charge in [-0.3, -0.25) is 4.79 Å². The van der Waals surface area contributed by atoms with Gasteiger partial charge in [0.05, 0.1) is 5.92 Å². The van der Waals surface area contributed by atoms with Gasteiger partial charge in [-0.05, 0) is 47.8 Å². The van der Waals surface area contributed by atoms with Crippen molar-refractivity contribution in [1.29, 1.82) is 0 Å². The number of phenols is 1. The van der Waals surface area contributed by atoms with Crippen molar-refractivity contribution in [2.75, 3.05) is 0 Å². The Bertz CT molecular complexity index is 458. The summed E-state index contributed by atoms with van der Waals surface area (Å²) in [5, 5.41) is 19.5. The van der Waals surface area contributed by atoms with Crippen LogP contribution in [0.3, 0.4) is 0 Å². The first-order valence-corrected chi connectivity index (χ1v) is 7.77. The molecule has 0 saturated heterocycles. The highest BCUT2D eigenvalue weighted by Gasteiger charge is 2.16. The number of benzene rings is 1. The van der Waals surface area contributed by atoms with Crippen molar-refractivity contribution >= 4 is 5.97 Å². The van der Waals surface area contributed by atoms with Crippen LogP contribution in [0.4, 0.5) is 0 Å². The van der Waals surface area contributed by atoms with E-state index in [2.05, 4.69) is 27.7 Å². The molecule has 0 heterocycles. The number of hydrogen-bond donors (Lipinski definition) is 2. The number of phenolic OH excluding ortho intramolecular Hbond substituents is 1. The van der Waals surface area contributed by atoms with E-state index in [9.17, 15) is 9.90 Å². The molecule has 1 aromatic carbocycles. The molecule has 0 aromatic heterocycles. The van der Waals surface area contributed by atoms with E-state index in [4.69, 9.17) is 5.11 Å². The van der Waals surface area contributed by atoms with Crippen LogP contribution in [-0.4, -0.2) is 16.2 Å². The summed E-state index contributed by atoms with van der Waals surface area (Å²) in [7, 11) is 0. The van der Waals surface area contributed by atoms with Gasteiger partial charge in [0.15, 0.2) is 0 Å². The molecule has 3 nitrogen and oxygen atoms in total. The van der Waals surface area contributed by atoms with Crippen molar-refractivity contribution in [1.82, 2.24) is 0 Å². The molecule has 1 unspecified atom stereocenters. The zero-order valence-corrected chi connectivity index (χ0v) is 13.8. The summed E-state index contributed by atoms with van der Waals surface area (Å²) in [4.78, 5) is 11.0. The van der Waals surface area contributed by atoms with Crippen molar-refractivity contribution in [2.45, 2.75) is 53.9 Å². The van der Waals surface area contributed by atoms with Gasteiger partial charge in [-0.1, -0.05) is 46.8 Å². The van der Waals surface area contributed by atoms with Gasteiger partial charge in [-0.25, -0.2) is 0 Å². The van der Waals surface area contributed by atoms with Gasteiger partial charge in [0.1, 0.15) is 5.75 Å². The zero-order valence-electron chi connectivity index (χ0n) is 13.8. The highest BCUT2D eigenvalue weighted by molar-refractivity contribution is 5.70. The minimum absolute atomic E-state index is 0.393. The minimum atomic E-state index is -0.779. The largest absolute Gasteiger partial charge is 0.507 e. The Hall–Kier alpha value is -1.51. The number of aromatic hydroxyl groups is 1. The Labute approximate surface area is 128 Å². The second-order valence-electron chi connectivity index (χ2n) is 6.90. The molecule has 0 radical (unpaired) electrons. The Kier molecular flexibility index (Phi) is 6.25. The molecule has 0 spiro atoms. The first-order chi connectivity index (χ1) is 9.70. The molecule has 0 fully saturated rings. The van der Waals surface area contributed by atoms with Crippen LogP contribution in [0, 0.1) is 17.8 Å². The van der Waals surface area contributed by atoms with Crippen LogP contribution in [-0.2, 0) is 24.1 Å². The Morgan fingerprint density at radius 3 is 1.71 bits per heavy atom. The molecule has 3 heteroatoms. The lowest BCUT2D eigenvalue weighted by atomic mass is 9.90. The fourth-order valence-corrected chi connectivity index (χ4v) is 2.58. The molecule has 0 saturated carbocycles. The van der Waals surface area contributed by atoms with E-state index in [1.165, 1.54) is 0 Å². The van der Waals surface area contributed by atoms with E-state index in [0.29, 0.717) is 24.0 Å². The molecular formula is C18H28O3. The van der Waals surface area contributed by atoms with Gasteiger partial charge >= 0.3 is 5.97 Å². The molecule has 0 bridgehead atoms. The summed E-state index contributed by atoms with van der Waals surface area (Å²) in [6, 6.07) is 3.94. The maximum atomic E-state index is 11.0. The van der Waals surface area contributed by atoms with E-state index >= 15 is 0 Å². The quantitative estimate of drug-likeness (QED) is 0.797. The Balaban J connectivity index is 3.15. The van der Waals surface area contributed by atoms with E-state index in [1.54, 1.807) is 6.92 Å². The molecule has 0 aliphatic carbocycles. The Morgan fingerprint density at radius 1 is 0.952 bits per heavy atom. The lowest BCUT2D eigenvalue weighted by molar-refractivity contribution is -0.141. The number of carboxylic acid groups (broad SMARTS) is 1. The predicted octanol–water partition coefficient (Wildman–Crippen LogP) is 4.05. The fraction of sp³-hybridized carbons (Fsp3) is 0.611. The normalized spacial score (nSPS) is 12.9. The van der Waals surface area contributed by atoms with Gasteiger partial charge in [0.2, 0.25) is 0 Å². The molecule has 0 aliphatic heterocycles. The average molecular weight is 292 g/mol. The maximum absolute atomic E-state index is 11.0. The van der Waals surface area contributed by atoms with Gasteiger partial charge < -0.3 is 10.2 Å². The second kappa shape index (κ2) is 7.48. The maximum Gasteiger partial charge on any atom is 0.306 e. The lowest BCUT2D eigenvalue weighted by Gasteiger charge is -2.17. The third-order valence-electron chi connectivity index (χ3n) is 3.55.